The Balaban J connectivity index is 1.90. The molecule has 238 valence electrons. The van der Waals surface area contributed by atoms with E-state index in [9.17, 15) is 20.1 Å². The number of cyclic esters (lactones) is 1. The number of esters is 1. The third-order valence-corrected chi connectivity index (χ3v) is 8.56. The van der Waals surface area contributed by atoms with Gasteiger partial charge >= 0.3 is 5.97 Å². The Hall–Kier alpha value is -1.89. The molecule has 0 saturated carbocycles. The summed E-state index contributed by atoms with van der Waals surface area (Å²) in [5, 5.41) is 32.7. The van der Waals surface area contributed by atoms with Gasteiger partial charge < -0.3 is 43.7 Å². The lowest BCUT2D eigenvalue weighted by Crippen LogP contribution is -2.61. The van der Waals surface area contributed by atoms with Gasteiger partial charge in [-0.2, -0.15) is 0 Å². The molecule has 0 unspecified atom stereocenters. The van der Waals surface area contributed by atoms with Crippen LogP contribution in [0.15, 0.2) is 48.6 Å². The highest BCUT2D eigenvalue weighted by Crippen LogP contribution is 2.41. The molecule has 3 rings (SSSR count). The summed E-state index contributed by atoms with van der Waals surface area (Å²) in [7, 11) is 3.02. The minimum atomic E-state index is -1.91. The lowest BCUT2D eigenvalue weighted by molar-refractivity contribution is -0.353. The van der Waals surface area contributed by atoms with Crippen LogP contribution in [0, 0.1) is 11.8 Å². The molecule has 2 bridgehead atoms. The van der Waals surface area contributed by atoms with Gasteiger partial charge in [-0.15, -0.1) is 6.58 Å². The Morgan fingerprint density at radius 3 is 2.52 bits per heavy atom. The van der Waals surface area contributed by atoms with E-state index in [0.717, 1.165) is 18.4 Å². The van der Waals surface area contributed by atoms with Gasteiger partial charge in [0.05, 0.1) is 24.4 Å². The molecule has 0 aliphatic carbocycles. The van der Waals surface area contributed by atoms with Crippen LogP contribution in [-0.4, -0.2) is 96.4 Å². The standard InChI is InChI=1S/C32H50O10/c1-8-9-10-11-12-13-14-23-15-19(2)16-24(37-6)17-25-20(3)26(18-32(36,42-25)21(4)30(35)40-23)41-31-29(38-7)28(34)27(33)22(5)39-31/h8,11-14,16,20-29,31,33-34,36H,1,9-10,15,17-18H2,2-7H3/b12-11+,14-13+,19-16?/t20-,21-,22+,23-,24-,25+,26+,27+,28-,29-,31+,32+/m1/s1. The number of carbonyl (C=O) groups is 1. The van der Waals surface area contributed by atoms with Gasteiger partial charge in [-0.25, -0.2) is 0 Å². The molecule has 3 aliphatic heterocycles. The number of allylic oxidation sites excluding steroid dienone is 4. The number of hydrogen-bond acceptors (Lipinski definition) is 10. The van der Waals surface area contributed by atoms with Crippen molar-refractivity contribution < 1.29 is 48.5 Å². The van der Waals surface area contributed by atoms with E-state index in [1.54, 1.807) is 21.0 Å². The van der Waals surface area contributed by atoms with Gasteiger partial charge in [0.2, 0.25) is 0 Å². The number of rotatable bonds is 9. The van der Waals surface area contributed by atoms with Crippen molar-refractivity contribution in [1.82, 2.24) is 0 Å². The fraction of sp³-hybridized carbons (Fsp3) is 0.719. The first-order valence-corrected chi connectivity index (χ1v) is 14.9. The Bertz CT molecular complexity index is 978. The zero-order valence-corrected chi connectivity index (χ0v) is 25.8. The van der Waals surface area contributed by atoms with Crippen LogP contribution in [0.25, 0.3) is 0 Å². The van der Waals surface area contributed by atoms with Crippen LogP contribution in [0.5, 0.6) is 0 Å². The summed E-state index contributed by atoms with van der Waals surface area (Å²) in [6.45, 7) is 10.9. The molecule has 12 atom stereocenters. The molecule has 0 radical (unpaired) electrons. The Morgan fingerprint density at radius 1 is 1.12 bits per heavy atom. The number of aliphatic hydroxyl groups is 3. The van der Waals surface area contributed by atoms with Crippen LogP contribution in [0.2, 0.25) is 0 Å². The topological polar surface area (TPSA) is 133 Å². The minimum absolute atomic E-state index is 0.0523. The predicted octanol–water partition coefficient (Wildman–Crippen LogP) is 3.35. The van der Waals surface area contributed by atoms with Gasteiger partial charge in [-0.3, -0.25) is 4.79 Å². The monoisotopic (exact) mass is 594 g/mol. The summed E-state index contributed by atoms with van der Waals surface area (Å²) in [6, 6.07) is 0. The van der Waals surface area contributed by atoms with Crippen molar-refractivity contribution in [2.24, 2.45) is 11.8 Å². The van der Waals surface area contributed by atoms with Gasteiger partial charge in [0.25, 0.3) is 0 Å². The molecule has 2 fully saturated rings. The van der Waals surface area contributed by atoms with Crippen molar-refractivity contribution >= 4 is 5.97 Å². The Labute approximate surface area is 250 Å². The second kappa shape index (κ2) is 15.7. The second-order valence-electron chi connectivity index (χ2n) is 11.7. The van der Waals surface area contributed by atoms with E-state index in [1.165, 1.54) is 7.11 Å². The SMILES string of the molecule is C=CCC/C=C/C=C/[C@@H]1CC(C)=C[C@@H](OC)C[C@@H]2O[C@@](O)(C[C@H](O[C@@H]3O[C@@H](C)[C@H](O)[C@@H](O)[C@H]3OC)[C@@H]2C)[C@H](C)C(=O)O1. The molecule has 10 nitrogen and oxygen atoms in total. The highest BCUT2D eigenvalue weighted by Gasteiger charge is 2.53. The Kier molecular flexibility index (Phi) is 13.0. The number of ether oxygens (including phenoxy) is 6. The van der Waals surface area contributed by atoms with Crippen molar-refractivity contribution in [3.8, 4) is 0 Å². The normalized spacial score (nSPS) is 42.1. The fourth-order valence-corrected chi connectivity index (χ4v) is 5.70. The van der Waals surface area contributed by atoms with E-state index in [0.29, 0.717) is 12.8 Å². The first kappa shape index (κ1) is 34.6. The molecule has 3 N–H and O–H groups in total. The van der Waals surface area contributed by atoms with E-state index < -0.39 is 66.7 Å². The number of aliphatic hydroxyl groups excluding tert-OH is 2. The third-order valence-electron chi connectivity index (χ3n) is 8.56. The van der Waals surface area contributed by atoms with E-state index in [2.05, 4.69) is 6.58 Å². The van der Waals surface area contributed by atoms with Gasteiger partial charge in [-0.05, 0) is 39.7 Å². The summed E-state index contributed by atoms with van der Waals surface area (Å²) in [6.07, 6.45) is 6.90. The van der Waals surface area contributed by atoms with Crippen LogP contribution in [0.3, 0.4) is 0 Å². The molecule has 0 aromatic rings. The third kappa shape index (κ3) is 8.60. The van der Waals surface area contributed by atoms with E-state index in [-0.39, 0.29) is 18.4 Å². The fourth-order valence-electron chi connectivity index (χ4n) is 5.70. The van der Waals surface area contributed by atoms with Crippen LogP contribution in [-0.2, 0) is 33.2 Å². The number of unbranched alkanes of at least 4 members (excludes halogenated alkanes) is 1. The van der Waals surface area contributed by atoms with Crippen LogP contribution in [0.1, 0.15) is 59.8 Å². The number of fused-ring (bicyclic) bond motifs is 2. The number of carbonyl (C=O) groups excluding carboxylic acids is 1. The van der Waals surface area contributed by atoms with Gasteiger partial charge in [0.1, 0.15) is 30.3 Å². The maximum Gasteiger partial charge on any atom is 0.314 e. The average molecular weight is 595 g/mol. The summed E-state index contributed by atoms with van der Waals surface area (Å²) < 4.78 is 35.6. The molecule has 42 heavy (non-hydrogen) atoms. The molecule has 0 amide bonds. The van der Waals surface area contributed by atoms with Crippen molar-refractivity contribution in [2.75, 3.05) is 14.2 Å². The highest BCUT2D eigenvalue weighted by atomic mass is 16.7. The zero-order valence-electron chi connectivity index (χ0n) is 25.8. The average Bonchev–Trinajstić information content (AvgIpc) is 2.94. The number of hydrogen-bond donors (Lipinski definition) is 3. The molecule has 0 aromatic heterocycles. The van der Waals surface area contributed by atoms with Gasteiger partial charge in [-0.1, -0.05) is 42.9 Å². The first-order valence-electron chi connectivity index (χ1n) is 14.9. The molecule has 10 heteroatoms. The smallest absolute Gasteiger partial charge is 0.314 e. The molecular formula is C32H50O10. The van der Waals surface area contributed by atoms with Gasteiger partial charge in [0.15, 0.2) is 12.1 Å². The molecular weight excluding hydrogens is 544 g/mol. The molecule has 0 spiro atoms. The summed E-state index contributed by atoms with van der Waals surface area (Å²) >= 11 is 0. The van der Waals surface area contributed by atoms with Crippen molar-refractivity contribution in [3.63, 3.8) is 0 Å². The largest absolute Gasteiger partial charge is 0.457 e. The van der Waals surface area contributed by atoms with E-state index >= 15 is 0 Å². The van der Waals surface area contributed by atoms with E-state index in [1.807, 2.05) is 50.3 Å². The quantitative estimate of drug-likeness (QED) is 0.158. The molecule has 0 aromatic carbocycles. The summed E-state index contributed by atoms with van der Waals surface area (Å²) in [5.41, 5.74) is 0.986. The van der Waals surface area contributed by atoms with Crippen LogP contribution in [0.4, 0.5) is 0 Å². The van der Waals surface area contributed by atoms with Crippen molar-refractivity contribution in [2.45, 2.75) is 121 Å². The van der Waals surface area contributed by atoms with Crippen molar-refractivity contribution in [1.29, 1.82) is 0 Å². The maximum atomic E-state index is 13.4. The predicted molar refractivity (Wildman–Crippen MR) is 156 cm³/mol. The summed E-state index contributed by atoms with van der Waals surface area (Å²) in [5.74, 6) is -3.80. The van der Waals surface area contributed by atoms with Gasteiger partial charge in [0, 0.05) is 39.4 Å². The Morgan fingerprint density at radius 2 is 1.86 bits per heavy atom. The lowest BCUT2D eigenvalue weighted by atomic mass is 9.81. The first-order chi connectivity index (χ1) is 19.9. The van der Waals surface area contributed by atoms with E-state index in [4.69, 9.17) is 28.4 Å². The zero-order chi connectivity index (χ0) is 31.0. The summed E-state index contributed by atoms with van der Waals surface area (Å²) in [4.78, 5) is 13.4. The molecule has 3 heterocycles. The lowest BCUT2D eigenvalue weighted by Gasteiger charge is -2.49. The van der Waals surface area contributed by atoms with Crippen LogP contribution >= 0.6 is 0 Å². The second-order valence-corrected chi connectivity index (χ2v) is 11.7. The maximum absolute atomic E-state index is 13.4. The molecule has 3 aliphatic rings. The van der Waals surface area contributed by atoms with Crippen LogP contribution < -0.4 is 0 Å². The highest BCUT2D eigenvalue weighted by molar-refractivity contribution is 5.73. The minimum Gasteiger partial charge on any atom is -0.457 e. The number of methoxy groups -OCH3 is 2. The molecule has 2 saturated heterocycles. The van der Waals surface area contributed by atoms with Crippen molar-refractivity contribution in [3.05, 3.63) is 48.6 Å².